The summed E-state index contributed by atoms with van der Waals surface area (Å²) in [6, 6.07) is 7.39. The zero-order valence-electron chi connectivity index (χ0n) is 20.1. The molecule has 1 aliphatic rings. The van der Waals surface area contributed by atoms with Gasteiger partial charge in [0.1, 0.15) is 18.8 Å². The summed E-state index contributed by atoms with van der Waals surface area (Å²) < 4.78 is 25.5. The molecule has 1 aromatic carbocycles. The van der Waals surface area contributed by atoms with Crippen molar-refractivity contribution in [1.82, 2.24) is 0 Å². The van der Waals surface area contributed by atoms with Crippen molar-refractivity contribution in [3.05, 3.63) is 35.4 Å². The standard InChI is InChI=1S/C14H21NO9.C9H13N/c1-6(16)20-5-10-12(21-7(2)17)13(22-8(3)18)11(15)14(24-10)23-9(4)19;1-8-2-4-9(5-3-8)6-7-10/h10-14H,5,15H2,1-4H3;2-5H,6-7,10H2,1H3. The Morgan fingerprint density at radius 3 is 1.85 bits per heavy atom. The Morgan fingerprint density at radius 2 is 1.38 bits per heavy atom. The highest BCUT2D eigenvalue weighted by atomic mass is 16.7. The third-order valence-corrected chi connectivity index (χ3v) is 4.58. The zero-order chi connectivity index (χ0) is 25.8. The molecule has 11 heteroatoms. The minimum absolute atomic E-state index is 0.310. The van der Waals surface area contributed by atoms with Gasteiger partial charge >= 0.3 is 23.9 Å². The van der Waals surface area contributed by atoms with Gasteiger partial charge in [-0.3, -0.25) is 19.2 Å². The van der Waals surface area contributed by atoms with E-state index in [0.717, 1.165) is 33.7 Å². The molecule has 0 amide bonds. The number of carbonyl (C=O) groups is 4. The molecule has 5 unspecified atom stereocenters. The molecule has 1 heterocycles. The first kappa shape index (κ1) is 29.0. The largest absolute Gasteiger partial charge is 0.463 e. The van der Waals surface area contributed by atoms with Crippen LogP contribution in [0.2, 0.25) is 0 Å². The molecule has 0 bridgehead atoms. The van der Waals surface area contributed by atoms with Crippen LogP contribution in [0.1, 0.15) is 38.8 Å². The Morgan fingerprint density at radius 1 is 0.853 bits per heavy atom. The molecule has 11 nitrogen and oxygen atoms in total. The maximum atomic E-state index is 11.3. The molecule has 34 heavy (non-hydrogen) atoms. The average Bonchev–Trinajstić information content (AvgIpc) is 2.73. The zero-order valence-corrected chi connectivity index (χ0v) is 20.1. The second-order valence-electron chi connectivity index (χ2n) is 7.70. The summed E-state index contributed by atoms with van der Waals surface area (Å²) in [5.74, 6) is -2.62. The van der Waals surface area contributed by atoms with E-state index < -0.39 is 54.5 Å². The molecule has 1 aromatic rings. The van der Waals surface area contributed by atoms with E-state index in [0.29, 0.717) is 0 Å². The van der Waals surface area contributed by atoms with Crippen LogP contribution in [0.4, 0.5) is 0 Å². The maximum absolute atomic E-state index is 11.3. The topological polar surface area (TPSA) is 166 Å². The highest BCUT2D eigenvalue weighted by Crippen LogP contribution is 2.26. The fourth-order valence-corrected chi connectivity index (χ4v) is 3.12. The van der Waals surface area contributed by atoms with Crippen molar-refractivity contribution in [2.75, 3.05) is 13.2 Å². The molecule has 0 spiro atoms. The van der Waals surface area contributed by atoms with E-state index in [1.165, 1.54) is 18.1 Å². The second-order valence-corrected chi connectivity index (χ2v) is 7.70. The van der Waals surface area contributed by atoms with Gasteiger partial charge in [-0.15, -0.1) is 0 Å². The van der Waals surface area contributed by atoms with Crippen molar-refractivity contribution < 1.29 is 42.9 Å². The molecule has 0 aliphatic carbocycles. The van der Waals surface area contributed by atoms with Crippen LogP contribution in [0.15, 0.2) is 24.3 Å². The number of carbonyl (C=O) groups excluding carboxylic acids is 4. The predicted octanol–water partition coefficient (Wildman–Crippen LogP) is 0.524. The van der Waals surface area contributed by atoms with Crippen molar-refractivity contribution in [1.29, 1.82) is 0 Å². The first-order valence-corrected chi connectivity index (χ1v) is 10.8. The Bertz CT molecular complexity index is 812. The molecule has 0 radical (unpaired) electrons. The molecule has 4 N–H and O–H groups in total. The van der Waals surface area contributed by atoms with Gasteiger partial charge in [-0.05, 0) is 25.5 Å². The number of aryl methyl sites for hydroxylation is 1. The summed E-state index contributed by atoms with van der Waals surface area (Å²) in [6.45, 7) is 7.15. The van der Waals surface area contributed by atoms with Crippen molar-refractivity contribution in [2.45, 2.75) is 71.7 Å². The molecule has 5 atom stereocenters. The van der Waals surface area contributed by atoms with Crippen molar-refractivity contribution in [3.8, 4) is 0 Å². The Hall–Kier alpha value is -3.02. The summed E-state index contributed by atoms with van der Waals surface area (Å²) >= 11 is 0. The SMILES string of the molecule is CC(=O)OCC1OC(OC(C)=O)C(N)C(OC(C)=O)C1OC(C)=O.Cc1ccc(CCN)cc1. The lowest BCUT2D eigenvalue weighted by Crippen LogP contribution is -2.65. The number of hydrogen-bond acceptors (Lipinski definition) is 11. The first-order valence-electron chi connectivity index (χ1n) is 10.8. The molecule has 1 saturated heterocycles. The van der Waals surface area contributed by atoms with E-state index in [-0.39, 0.29) is 6.61 Å². The number of benzene rings is 1. The van der Waals surface area contributed by atoms with Gasteiger partial charge in [0.2, 0.25) is 6.29 Å². The fourth-order valence-electron chi connectivity index (χ4n) is 3.12. The lowest BCUT2D eigenvalue weighted by atomic mass is 9.97. The van der Waals surface area contributed by atoms with Crippen molar-refractivity contribution in [2.24, 2.45) is 11.5 Å². The van der Waals surface area contributed by atoms with Crippen LogP contribution >= 0.6 is 0 Å². The van der Waals surface area contributed by atoms with Gasteiger partial charge in [0, 0.05) is 27.7 Å². The normalized spacial score (nSPS) is 23.6. The van der Waals surface area contributed by atoms with E-state index in [1.807, 2.05) is 0 Å². The molecular formula is C23H34N2O9. The van der Waals surface area contributed by atoms with E-state index in [2.05, 4.69) is 31.2 Å². The van der Waals surface area contributed by atoms with Gasteiger partial charge < -0.3 is 35.2 Å². The third kappa shape index (κ3) is 10.3. The maximum Gasteiger partial charge on any atom is 0.304 e. The fraction of sp³-hybridized carbons (Fsp3) is 0.565. The van der Waals surface area contributed by atoms with E-state index in [9.17, 15) is 19.2 Å². The van der Waals surface area contributed by atoms with E-state index in [1.54, 1.807) is 0 Å². The Labute approximate surface area is 199 Å². The monoisotopic (exact) mass is 482 g/mol. The minimum atomic E-state index is -1.26. The van der Waals surface area contributed by atoms with Gasteiger partial charge in [-0.1, -0.05) is 29.8 Å². The molecule has 2 rings (SSSR count). The highest BCUT2D eigenvalue weighted by molar-refractivity contribution is 5.68. The quantitative estimate of drug-likeness (QED) is 0.411. The van der Waals surface area contributed by atoms with Crippen LogP contribution in [0.5, 0.6) is 0 Å². The van der Waals surface area contributed by atoms with Gasteiger partial charge in [0.25, 0.3) is 0 Å². The minimum Gasteiger partial charge on any atom is -0.463 e. The first-order chi connectivity index (χ1) is 15.9. The summed E-state index contributed by atoms with van der Waals surface area (Å²) in [5, 5.41) is 0. The Balaban J connectivity index is 0.000000479. The van der Waals surface area contributed by atoms with Gasteiger partial charge in [0.05, 0.1) is 0 Å². The number of ether oxygens (including phenoxy) is 5. The number of hydrogen-bond donors (Lipinski definition) is 2. The summed E-state index contributed by atoms with van der Waals surface area (Å²) in [5.41, 5.74) is 14.0. The number of rotatable bonds is 7. The van der Waals surface area contributed by atoms with Crippen LogP contribution in [0.3, 0.4) is 0 Å². The van der Waals surface area contributed by atoms with Gasteiger partial charge in [-0.2, -0.15) is 0 Å². The van der Waals surface area contributed by atoms with Crippen LogP contribution in [0, 0.1) is 6.92 Å². The molecule has 1 aliphatic heterocycles. The van der Waals surface area contributed by atoms with Crippen molar-refractivity contribution >= 4 is 23.9 Å². The average molecular weight is 483 g/mol. The van der Waals surface area contributed by atoms with Crippen LogP contribution < -0.4 is 11.5 Å². The van der Waals surface area contributed by atoms with Crippen molar-refractivity contribution in [3.63, 3.8) is 0 Å². The summed E-state index contributed by atoms with van der Waals surface area (Å²) in [7, 11) is 0. The lowest BCUT2D eigenvalue weighted by molar-refractivity contribution is -0.267. The summed E-state index contributed by atoms with van der Waals surface area (Å²) in [6.07, 6.45) is -3.59. The third-order valence-electron chi connectivity index (χ3n) is 4.58. The van der Waals surface area contributed by atoms with Crippen LogP contribution in [-0.2, 0) is 49.3 Å². The Kier molecular flexibility index (Phi) is 12.2. The highest BCUT2D eigenvalue weighted by Gasteiger charge is 2.50. The molecule has 0 saturated carbocycles. The van der Waals surface area contributed by atoms with Crippen LogP contribution in [-0.4, -0.2) is 67.7 Å². The molecule has 190 valence electrons. The van der Waals surface area contributed by atoms with Gasteiger partial charge in [0.15, 0.2) is 12.2 Å². The lowest BCUT2D eigenvalue weighted by Gasteiger charge is -2.42. The summed E-state index contributed by atoms with van der Waals surface area (Å²) in [4.78, 5) is 44.9. The predicted molar refractivity (Wildman–Crippen MR) is 120 cm³/mol. The molecule has 1 fully saturated rings. The molecular weight excluding hydrogens is 448 g/mol. The number of nitrogens with two attached hydrogens (primary N) is 2. The number of esters is 4. The van der Waals surface area contributed by atoms with Gasteiger partial charge in [-0.25, -0.2) is 0 Å². The van der Waals surface area contributed by atoms with E-state index in [4.69, 9.17) is 35.2 Å². The second kappa shape index (κ2) is 14.3. The smallest absolute Gasteiger partial charge is 0.304 e. The van der Waals surface area contributed by atoms with E-state index >= 15 is 0 Å². The van der Waals surface area contributed by atoms with Crippen LogP contribution in [0.25, 0.3) is 0 Å². The molecule has 0 aromatic heterocycles.